The molecule has 5 unspecified atom stereocenters. The zero-order chi connectivity index (χ0) is 39.9. The second-order valence-corrected chi connectivity index (χ2v) is 13.8. The Kier molecular flexibility index (Phi) is 23.7. The highest BCUT2D eigenvalue weighted by Gasteiger charge is 2.21. The molecule has 0 saturated carbocycles. The van der Waals surface area contributed by atoms with Gasteiger partial charge in [-0.05, 0) is 50.7 Å². The normalized spacial score (nSPS) is 14.2. The fourth-order valence-corrected chi connectivity index (χ4v) is 5.49. The maximum atomic E-state index is 11.9. The van der Waals surface area contributed by atoms with E-state index in [-0.39, 0.29) is 75.2 Å². The van der Waals surface area contributed by atoms with E-state index >= 15 is 0 Å². The minimum Gasteiger partial charge on any atom is -0.460 e. The predicted octanol–water partition coefficient (Wildman–Crippen LogP) is 3.33. The van der Waals surface area contributed by atoms with Crippen molar-refractivity contribution in [3.8, 4) is 0 Å². The first-order valence-corrected chi connectivity index (χ1v) is 18.4. The number of nitrogens with zero attached hydrogens (tertiary/aromatic N) is 2. The Balaban J connectivity index is 3.07. The van der Waals surface area contributed by atoms with Gasteiger partial charge in [0, 0.05) is 62.6 Å². The number of esters is 3. The molecule has 5 atom stereocenters. The van der Waals surface area contributed by atoms with Crippen LogP contribution in [0.3, 0.4) is 0 Å². The highest BCUT2D eigenvalue weighted by Crippen LogP contribution is 2.17. The van der Waals surface area contributed by atoms with Crippen molar-refractivity contribution in [3.63, 3.8) is 0 Å². The van der Waals surface area contributed by atoms with E-state index in [1.54, 1.807) is 4.90 Å². The first-order valence-electron chi connectivity index (χ1n) is 18.4. The van der Waals surface area contributed by atoms with Crippen LogP contribution < -0.4 is 0 Å². The number of aliphatic hydroxyl groups excluding tert-OH is 4. The fourth-order valence-electron chi connectivity index (χ4n) is 5.49. The molecule has 0 aliphatic rings. The molecule has 1 aromatic carbocycles. The molecule has 0 aliphatic heterocycles. The third kappa shape index (κ3) is 21.2. The van der Waals surface area contributed by atoms with Crippen LogP contribution in [0.1, 0.15) is 71.4 Å². The van der Waals surface area contributed by atoms with Crippen LogP contribution >= 0.6 is 0 Å². The number of carbonyl (C=O) groups excluding carboxylic acids is 3. The summed E-state index contributed by atoms with van der Waals surface area (Å²) in [6, 6.07) is 7.69. The first kappa shape index (κ1) is 47.6. The van der Waals surface area contributed by atoms with Crippen molar-refractivity contribution >= 4 is 17.9 Å². The van der Waals surface area contributed by atoms with Gasteiger partial charge in [0.05, 0.1) is 12.7 Å². The lowest BCUT2D eigenvalue weighted by molar-refractivity contribution is -0.143. The van der Waals surface area contributed by atoms with Gasteiger partial charge in [-0.25, -0.2) is 14.4 Å². The molecular formula is C40H64N2O11. The summed E-state index contributed by atoms with van der Waals surface area (Å²) in [5.41, 5.74) is 2.42. The summed E-state index contributed by atoms with van der Waals surface area (Å²) in [5, 5.41) is 42.7. The lowest BCUT2D eigenvalue weighted by Crippen LogP contribution is -2.41. The van der Waals surface area contributed by atoms with Crippen LogP contribution in [0, 0.1) is 5.92 Å². The Morgan fingerprint density at radius 1 is 0.698 bits per heavy atom. The average Bonchev–Trinajstić information content (AvgIpc) is 3.10. The second-order valence-electron chi connectivity index (χ2n) is 13.8. The summed E-state index contributed by atoms with van der Waals surface area (Å²) >= 11 is 0. The maximum Gasteiger partial charge on any atom is 0.333 e. The minimum atomic E-state index is -1.08. The van der Waals surface area contributed by atoms with Crippen LogP contribution in [-0.2, 0) is 46.4 Å². The molecule has 0 spiro atoms. The molecule has 53 heavy (non-hydrogen) atoms. The zero-order valence-electron chi connectivity index (χ0n) is 32.5. The Morgan fingerprint density at radius 3 is 1.55 bits per heavy atom. The van der Waals surface area contributed by atoms with Crippen molar-refractivity contribution in [2.24, 2.45) is 5.92 Å². The molecule has 0 bridgehead atoms. The molecule has 0 fully saturated rings. The van der Waals surface area contributed by atoms with Gasteiger partial charge in [-0.3, -0.25) is 9.80 Å². The molecular weight excluding hydrogens is 684 g/mol. The van der Waals surface area contributed by atoms with Crippen LogP contribution in [-0.4, -0.2) is 132 Å². The fraction of sp³-hybridized carbons (Fsp3) is 0.625. The van der Waals surface area contributed by atoms with Gasteiger partial charge < -0.3 is 39.4 Å². The highest BCUT2D eigenvalue weighted by molar-refractivity contribution is 5.87. The molecule has 1 aromatic rings. The predicted molar refractivity (Wildman–Crippen MR) is 202 cm³/mol. The number of hydrogen-bond donors (Lipinski definition) is 4. The summed E-state index contributed by atoms with van der Waals surface area (Å²) < 4.78 is 21.2. The molecule has 4 N–H and O–H groups in total. The number of hydrogen-bond acceptors (Lipinski definition) is 13. The number of aliphatic hydroxyl groups is 4. The summed E-state index contributed by atoms with van der Waals surface area (Å²) in [7, 11) is 0. The van der Waals surface area contributed by atoms with Crippen LogP contribution in [0.2, 0.25) is 0 Å². The van der Waals surface area contributed by atoms with Gasteiger partial charge in [0.25, 0.3) is 0 Å². The topological polar surface area (TPSA) is 176 Å². The lowest BCUT2D eigenvalue weighted by Gasteiger charge is -2.28. The zero-order valence-corrected chi connectivity index (χ0v) is 32.5. The minimum absolute atomic E-state index is 0.0343. The third-order valence-corrected chi connectivity index (χ3v) is 8.26. The Morgan fingerprint density at radius 2 is 1.13 bits per heavy atom. The SMILES string of the molecule is C=C(C)C(=O)OCC(O)CN(CCCOCC(O)C(CC)CCC)Cc1cccc(CN(CC(O)COC(=O)C(=C)C)CC(O)COC(=O)C(=C)C)c1. The van der Waals surface area contributed by atoms with Gasteiger partial charge >= 0.3 is 17.9 Å². The van der Waals surface area contributed by atoms with Crippen LogP contribution in [0.25, 0.3) is 0 Å². The van der Waals surface area contributed by atoms with Gasteiger partial charge in [0.2, 0.25) is 0 Å². The largest absolute Gasteiger partial charge is 0.460 e. The lowest BCUT2D eigenvalue weighted by atomic mass is 9.95. The van der Waals surface area contributed by atoms with Crippen molar-refractivity contribution in [3.05, 3.63) is 71.8 Å². The first-order chi connectivity index (χ1) is 25.1. The van der Waals surface area contributed by atoms with E-state index in [1.165, 1.54) is 20.8 Å². The number of benzene rings is 1. The van der Waals surface area contributed by atoms with E-state index in [2.05, 4.69) is 33.6 Å². The Bertz CT molecular complexity index is 1260. The van der Waals surface area contributed by atoms with Gasteiger partial charge in [-0.1, -0.05) is 70.7 Å². The van der Waals surface area contributed by atoms with E-state index in [0.717, 1.165) is 30.4 Å². The Labute approximate surface area is 315 Å². The van der Waals surface area contributed by atoms with E-state index in [0.29, 0.717) is 26.1 Å². The molecule has 13 nitrogen and oxygen atoms in total. The van der Waals surface area contributed by atoms with Gasteiger partial charge in [0.1, 0.15) is 38.1 Å². The molecule has 0 radical (unpaired) electrons. The standard InChI is InChI=1S/C40H64N2O11/c1-9-13-33(10-2)37(46)27-50-17-12-16-41(21-34(43)24-51-38(47)28(3)4)19-31-14-11-15-32(18-31)20-42(22-35(44)25-52-39(48)29(5)6)23-36(45)26-53-40(49)30(7)8/h11,14-15,18,33-37,43-46H,3,5,7,9-10,12-13,16-17,19-27H2,1-2,4,6,8H3. The van der Waals surface area contributed by atoms with Crippen LogP contribution in [0.4, 0.5) is 0 Å². The number of carbonyl (C=O) groups is 3. The van der Waals surface area contributed by atoms with Crippen molar-refractivity contribution in [1.29, 1.82) is 0 Å². The summed E-state index contributed by atoms with van der Waals surface area (Å²) in [4.78, 5) is 39.4. The Hall–Kier alpha value is -3.43. The van der Waals surface area contributed by atoms with Crippen molar-refractivity contribution in [2.45, 2.75) is 97.8 Å². The van der Waals surface area contributed by atoms with Crippen molar-refractivity contribution in [2.75, 3.05) is 59.2 Å². The number of ether oxygens (including phenoxy) is 4. The molecule has 0 amide bonds. The van der Waals surface area contributed by atoms with E-state index in [4.69, 9.17) is 18.9 Å². The van der Waals surface area contributed by atoms with Crippen molar-refractivity contribution < 1.29 is 53.8 Å². The second kappa shape index (κ2) is 26.4. The van der Waals surface area contributed by atoms with Gasteiger partial charge in [-0.15, -0.1) is 0 Å². The maximum absolute atomic E-state index is 11.9. The quantitative estimate of drug-likeness (QED) is 0.0407. The van der Waals surface area contributed by atoms with E-state index in [9.17, 15) is 34.8 Å². The van der Waals surface area contributed by atoms with Crippen LogP contribution in [0.15, 0.2) is 60.7 Å². The summed E-state index contributed by atoms with van der Waals surface area (Å²) in [5.74, 6) is -1.63. The molecule has 1 rings (SSSR count). The summed E-state index contributed by atoms with van der Waals surface area (Å²) in [6.45, 7) is 20.9. The molecule has 0 aromatic heterocycles. The molecule has 0 heterocycles. The molecule has 0 aliphatic carbocycles. The van der Waals surface area contributed by atoms with Crippen LogP contribution in [0.5, 0.6) is 0 Å². The highest BCUT2D eigenvalue weighted by atomic mass is 16.6. The smallest absolute Gasteiger partial charge is 0.333 e. The van der Waals surface area contributed by atoms with E-state index in [1.807, 2.05) is 29.2 Å². The van der Waals surface area contributed by atoms with Crippen molar-refractivity contribution in [1.82, 2.24) is 9.80 Å². The summed E-state index contributed by atoms with van der Waals surface area (Å²) in [6.07, 6.45) is -0.189. The molecule has 0 saturated heterocycles. The van der Waals surface area contributed by atoms with Gasteiger partial charge in [0.15, 0.2) is 0 Å². The molecule has 13 heteroatoms. The van der Waals surface area contributed by atoms with Gasteiger partial charge in [-0.2, -0.15) is 0 Å². The van der Waals surface area contributed by atoms with E-state index < -0.39 is 42.3 Å². The number of rotatable bonds is 29. The molecule has 300 valence electrons. The third-order valence-electron chi connectivity index (χ3n) is 8.26. The monoisotopic (exact) mass is 748 g/mol. The average molecular weight is 749 g/mol.